The molecule has 0 spiro atoms. The second kappa shape index (κ2) is 4.53. The molecule has 0 radical (unpaired) electrons. The molecule has 0 bridgehead atoms. The van der Waals surface area contributed by atoms with Crippen LogP contribution in [0.4, 0.5) is 0 Å². The van der Waals surface area contributed by atoms with Crippen molar-refractivity contribution in [3.63, 3.8) is 0 Å². The molecular formula is C12H10N2O2. The molecule has 0 aliphatic rings. The van der Waals surface area contributed by atoms with E-state index in [2.05, 4.69) is 9.97 Å². The van der Waals surface area contributed by atoms with Gasteiger partial charge in [0.15, 0.2) is 5.78 Å². The van der Waals surface area contributed by atoms with E-state index in [-0.39, 0.29) is 5.78 Å². The molecular weight excluding hydrogens is 204 g/mol. The summed E-state index contributed by atoms with van der Waals surface area (Å²) >= 11 is 0. The Morgan fingerprint density at radius 3 is 2.62 bits per heavy atom. The number of carbonyl (C=O) groups excluding carboxylic acids is 1. The number of rotatable bonds is 3. The smallest absolute Gasteiger partial charge is 0.219 e. The molecule has 2 aromatic rings. The minimum absolute atomic E-state index is 0.0654. The maximum Gasteiger partial charge on any atom is 0.219 e. The molecule has 0 N–H and O–H groups in total. The molecule has 0 unspecified atom stereocenters. The Morgan fingerprint density at radius 2 is 2.06 bits per heavy atom. The zero-order chi connectivity index (χ0) is 11.4. The topological polar surface area (TPSA) is 52.1 Å². The van der Waals surface area contributed by atoms with Gasteiger partial charge in [-0.3, -0.25) is 4.79 Å². The van der Waals surface area contributed by atoms with Gasteiger partial charge in [-0.05, 0) is 18.2 Å². The van der Waals surface area contributed by atoms with E-state index in [1.807, 2.05) is 12.1 Å². The van der Waals surface area contributed by atoms with Crippen LogP contribution in [0.1, 0.15) is 17.4 Å². The lowest BCUT2D eigenvalue weighted by atomic mass is 10.3. The van der Waals surface area contributed by atoms with Crippen molar-refractivity contribution in [3.8, 4) is 11.6 Å². The van der Waals surface area contributed by atoms with Gasteiger partial charge in [0, 0.05) is 19.2 Å². The summed E-state index contributed by atoms with van der Waals surface area (Å²) in [7, 11) is 0. The number of pyridine rings is 2. The van der Waals surface area contributed by atoms with Crippen LogP contribution in [0.5, 0.6) is 11.6 Å². The van der Waals surface area contributed by atoms with E-state index in [0.717, 1.165) is 0 Å². The summed E-state index contributed by atoms with van der Waals surface area (Å²) < 4.78 is 5.43. The predicted molar refractivity (Wildman–Crippen MR) is 58.6 cm³/mol. The van der Waals surface area contributed by atoms with Crippen LogP contribution in [0.3, 0.4) is 0 Å². The van der Waals surface area contributed by atoms with Crippen LogP contribution in [0, 0.1) is 0 Å². The Labute approximate surface area is 92.9 Å². The highest BCUT2D eigenvalue weighted by Crippen LogP contribution is 2.17. The lowest BCUT2D eigenvalue weighted by Crippen LogP contribution is -1.96. The molecule has 0 aromatic carbocycles. The Bertz CT molecular complexity index is 480. The standard InChI is InChI=1S/C12H10N2O2/c1-9(15)11-6-5-10(8-14-11)16-12-4-2-3-7-13-12/h2-8H,1H3. The Kier molecular flexibility index (Phi) is 2.91. The van der Waals surface area contributed by atoms with Crippen molar-refractivity contribution in [2.24, 2.45) is 0 Å². The third kappa shape index (κ3) is 2.42. The molecule has 4 heteroatoms. The lowest BCUT2D eigenvalue weighted by Gasteiger charge is -2.03. The summed E-state index contributed by atoms with van der Waals surface area (Å²) in [4.78, 5) is 19.0. The van der Waals surface area contributed by atoms with Gasteiger partial charge in [0.05, 0.1) is 6.20 Å². The number of ketones is 1. The molecule has 0 saturated heterocycles. The van der Waals surface area contributed by atoms with Gasteiger partial charge in [-0.25, -0.2) is 9.97 Å². The van der Waals surface area contributed by atoms with E-state index in [9.17, 15) is 4.79 Å². The highest BCUT2D eigenvalue weighted by Gasteiger charge is 2.02. The number of nitrogens with zero attached hydrogens (tertiary/aromatic N) is 2. The Hall–Kier alpha value is -2.23. The number of hydrogen-bond acceptors (Lipinski definition) is 4. The highest BCUT2D eigenvalue weighted by molar-refractivity contribution is 5.92. The van der Waals surface area contributed by atoms with Gasteiger partial charge in [0.25, 0.3) is 0 Å². The van der Waals surface area contributed by atoms with E-state index in [0.29, 0.717) is 17.3 Å². The lowest BCUT2D eigenvalue weighted by molar-refractivity contribution is 0.101. The molecule has 0 saturated carbocycles. The van der Waals surface area contributed by atoms with Gasteiger partial charge in [0.2, 0.25) is 5.88 Å². The molecule has 2 rings (SSSR count). The van der Waals surface area contributed by atoms with Gasteiger partial charge in [-0.1, -0.05) is 6.07 Å². The fourth-order valence-corrected chi connectivity index (χ4v) is 1.18. The summed E-state index contributed by atoms with van der Waals surface area (Å²) in [5, 5.41) is 0. The zero-order valence-corrected chi connectivity index (χ0v) is 8.75. The van der Waals surface area contributed by atoms with Crippen molar-refractivity contribution in [1.82, 2.24) is 9.97 Å². The van der Waals surface area contributed by atoms with Gasteiger partial charge in [0.1, 0.15) is 11.4 Å². The fraction of sp³-hybridized carbons (Fsp3) is 0.0833. The van der Waals surface area contributed by atoms with E-state index in [1.54, 1.807) is 24.4 Å². The quantitative estimate of drug-likeness (QED) is 0.736. The average molecular weight is 214 g/mol. The minimum atomic E-state index is -0.0654. The maximum absolute atomic E-state index is 11.0. The summed E-state index contributed by atoms with van der Waals surface area (Å²) in [6, 6.07) is 8.71. The summed E-state index contributed by atoms with van der Waals surface area (Å²) in [5.74, 6) is 0.993. The minimum Gasteiger partial charge on any atom is -0.437 e. The number of carbonyl (C=O) groups is 1. The largest absolute Gasteiger partial charge is 0.437 e. The molecule has 4 nitrogen and oxygen atoms in total. The first-order chi connectivity index (χ1) is 7.75. The van der Waals surface area contributed by atoms with Crippen molar-refractivity contribution in [1.29, 1.82) is 0 Å². The summed E-state index contributed by atoms with van der Waals surface area (Å²) in [5.41, 5.74) is 0.424. The van der Waals surface area contributed by atoms with E-state index in [1.165, 1.54) is 13.1 Å². The second-order valence-corrected chi connectivity index (χ2v) is 3.21. The first-order valence-corrected chi connectivity index (χ1v) is 4.81. The van der Waals surface area contributed by atoms with Crippen LogP contribution in [0.15, 0.2) is 42.7 Å². The number of hydrogen-bond donors (Lipinski definition) is 0. The molecule has 2 heterocycles. The number of ether oxygens (including phenoxy) is 1. The molecule has 0 aliphatic heterocycles. The predicted octanol–water partition coefficient (Wildman–Crippen LogP) is 2.47. The monoisotopic (exact) mass is 214 g/mol. The van der Waals surface area contributed by atoms with Gasteiger partial charge in [-0.2, -0.15) is 0 Å². The van der Waals surface area contributed by atoms with Crippen LogP contribution in [-0.4, -0.2) is 15.8 Å². The third-order valence-electron chi connectivity index (χ3n) is 1.96. The second-order valence-electron chi connectivity index (χ2n) is 3.21. The molecule has 0 aliphatic carbocycles. The van der Waals surface area contributed by atoms with E-state index < -0.39 is 0 Å². The third-order valence-corrected chi connectivity index (χ3v) is 1.96. The van der Waals surface area contributed by atoms with Crippen molar-refractivity contribution in [2.75, 3.05) is 0 Å². The van der Waals surface area contributed by atoms with Crippen molar-refractivity contribution < 1.29 is 9.53 Å². The molecule has 0 amide bonds. The van der Waals surface area contributed by atoms with Gasteiger partial charge >= 0.3 is 0 Å². The fourth-order valence-electron chi connectivity index (χ4n) is 1.18. The summed E-state index contributed by atoms with van der Waals surface area (Å²) in [6.45, 7) is 1.47. The average Bonchev–Trinajstić information content (AvgIpc) is 2.31. The number of aromatic nitrogens is 2. The van der Waals surface area contributed by atoms with E-state index >= 15 is 0 Å². The summed E-state index contributed by atoms with van der Waals surface area (Å²) in [6.07, 6.45) is 3.15. The van der Waals surface area contributed by atoms with Crippen LogP contribution >= 0.6 is 0 Å². The molecule has 0 atom stereocenters. The molecule has 16 heavy (non-hydrogen) atoms. The van der Waals surface area contributed by atoms with E-state index in [4.69, 9.17) is 4.74 Å². The number of Topliss-reactive ketones (excluding diaryl/α,β-unsaturated/α-hetero) is 1. The Balaban J connectivity index is 2.14. The van der Waals surface area contributed by atoms with Crippen molar-refractivity contribution >= 4 is 5.78 Å². The highest BCUT2D eigenvalue weighted by atomic mass is 16.5. The SMILES string of the molecule is CC(=O)c1ccc(Oc2ccccn2)cn1. The maximum atomic E-state index is 11.0. The first-order valence-electron chi connectivity index (χ1n) is 4.81. The zero-order valence-electron chi connectivity index (χ0n) is 8.75. The molecule has 2 aromatic heterocycles. The molecule has 80 valence electrons. The first kappa shape index (κ1) is 10.3. The van der Waals surface area contributed by atoms with Gasteiger partial charge < -0.3 is 4.74 Å². The van der Waals surface area contributed by atoms with Crippen molar-refractivity contribution in [3.05, 3.63) is 48.4 Å². The van der Waals surface area contributed by atoms with Crippen LogP contribution < -0.4 is 4.74 Å². The van der Waals surface area contributed by atoms with Gasteiger partial charge in [-0.15, -0.1) is 0 Å². The van der Waals surface area contributed by atoms with Crippen LogP contribution in [-0.2, 0) is 0 Å². The molecule has 0 fully saturated rings. The van der Waals surface area contributed by atoms with Crippen molar-refractivity contribution in [2.45, 2.75) is 6.92 Å². The van der Waals surface area contributed by atoms with Crippen LogP contribution in [0.25, 0.3) is 0 Å². The normalized spacial score (nSPS) is 9.81. The Morgan fingerprint density at radius 1 is 1.19 bits per heavy atom. The van der Waals surface area contributed by atoms with Crippen LogP contribution in [0.2, 0.25) is 0 Å².